The summed E-state index contributed by atoms with van der Waals surface area (Å²) in [6, 6.07) is 8.47. The summed E-state index contributed by atoms with van der Waals surface area (Å²) >= 11 is 0. The Bertz CT molecular complexity index is 843. The average molecular weight is 325 g/mol. The number of fused-ring (bicyclic) bond motifs is 1. The summed E-state index contributed by atoms with van der Waals surface area (Å²) in [6.45, 7) is 1.68. The van der Waals surface area contributed by atoms with Crippen LogP contribution < -0.4 is 5.32 Å². The normalized spacial score (nSPS) is 13.3. The Morgan fingerprint density at radius 1 is 1.09 bits per heavy atom. The second kappa shape index (κ2) is 5.49. The standard InChI is InChI=1S/C14H11F4N5/c1-8(9-4-2-3-5-10(9)15)19-11-6-7-12-20-21-13(14(16,17)18)23(12)22-11/h2-8H,1H3,(H,19,22)/t8-/m1/s1. The second-order valence-corrected chi connectivity index (χ2v) is 4.90. The van der Waals surface area contributed by atoms with Gasteiger partial charge < -0.3 is 5.32 Å². The lowest BCUT2D eigenvalue weighted by molar-refractivity contribution is -0.146. The van der Waals surface area contributed by atoms with E-state index in [4.69, 9.17) is 0 Å². The third-order valence-electron chi connectivity index (χ3n) is 3.25. The summed E-state index contributed by atoms with van der Waals surface area (Å²) in [5, 5.41) is 13.2. The van der Waals surface area contributed by atoms with Gasteiger partial charge in [-0.3, -0.25) is 0 Å². The molecule has 0 amide bonds. The largest absolute Gasteiger partial charge is 0.453 e. The molecule has 0 saturated carbocycles. The molecule has 2 aromatic heterocycles. The molecule has 23 heavy (non-hydrogen) atoms. The Labute approximate surface area is 128 Å². The monoisotopic (exact) mass is 325 g/mol. The van der Waals surface area contributed by atoms with E-state index in [1.54, 1.807) is 25.1 Å². The molecule has 0 spiro atoms. The molecule has 0 aliphatic heterocycles. The minimum absolute atomic E-state index is 0.0265. The van der Waals surface area contributed by atoms with Gasteiger partial charge >= 0.3 is 6.18 Å². The van der Waals surface area contributed by atoms with Crippen LogP contribution in [0.3, 0.4) is 0 Å². The number of rotatable bonds is 3. The van der Waals surface area contributed by atoms with Gasteiger partial charge in [0.05, 0.1) is 6.04 Å². The van der Waals surface area contributed by atoms with Crippen LogP contribution in [0.4, 0.5) is 23.4 Å². The van der Waals surface area contributed by atoms with Gasteiger partial charge in [-0.15, -0.1) is 15.3 Å². The van der Waals surface area contributed by atoms with Crippen molar-refractivity contribution in [3.63, 3.8) is 0 Å². The fraction of sp³-hybridized carbons (Fsp3) is 0.214. The summed E-state index contributed by atoms with van der Waals surface area (Å²) < 4.78 is 52.8. The maximum atomic E-state index is 13.7. The summed E-state index contributed by atoms with van der Waals surface area (Å²) in [7, 11) is 0. The smallest absolute Gasteiger partial charge is 0.362 e. The third kappa shape index (κ3) is 2.94. The minimum atomic E-state index is -4.66. The van der Waals surface area contributed by atoms with Gasteiger partial charge in [0.1, 0.15) is 11.6 Å². The number of benzene rings is 1. The molecule has 0 unspecified atom stereocenters. The lowest BCUT2D eigenvalue weighted by atomic mass is 10.1. The second-order valence-electron chi connectivity index (χ2n) is 4.90. The number of hydrogen-bond donors (Lipinski definition) is 1. The zero-order valence-electron chi connectivity index (χ0n) is 11.8. The highest BCUT2D eigenvalue weighted by molar-refractivity contribution is 5.45. The number of aromatic nitrogens is 4. The number of nitrogens with zero attached hydrogens (tertiary/aromatic N) is 4. The minimum Gasteiger partial charge on any atom is -0.362 e. The first-order chi connectivity index (χ1) is 10.9. The molecule has 0 fully saturated rings. The molecule has 3 aromatic rings. The van der Waals surface area contributed by atoms with E-state index in [1.165, 1.54) is 18.2 Å². The lowest BCUT2D eigenvalue weighted by Crippen LogP contribution is -2.15. The van der Waals surface area contributed by atoms with Crippen LogP contribution in [0.25, 0.3) is 5.65 Å². The van der Waals surface area contributed by atoms with E-state index in [0.717, 1.165) is 0 Å². The number of alkyl halides is 3. The van der Waals surface area contributed by atoms with Gasteiger partial charge in [0, 0.05) is 5.56 Å². The molecular weight excluding hydrogens is 314 g/mol. The van der Waals surface area contributed by atoms with E-state index >= 15 is 0 Å². The van der Waals surface area contributed by atoms with E-state index in [2.05, 4.69) is 20.6 Å². The molecule has 1 aromatic carbocycles. The zero-order chi connectivity index (χ0) is 16.6. The molecular formula is C14H11F4N5. The Balaban J connectivity index is 1.93. The van der Waals surface area contributed by atoms with Crippen molar-refractivity contribution in [2.24, 2.45) is 0 Å². The fourth-order valence-corrected chi connectivity index (χ4v) is 2.17. The van der Waals surface area contributed by atoms with Gasteiger partial charge in [-0.1, -0.05) is 18.2 Å². The maximum Gasteiger partial charge on any atom is 0.453 e. The maximum absolute atomic E-state index is 13.7. The van der Waals surface area contributed by atoms with Crippen molar-refractivity contribution in [3.05, 3.63) is 53.6 Å². The molecule has 5 nitrogen and oxygen atoms in total. The third-order valence-corrected chi connectivity index (χ3v) is 3.25. The first-order valence-corrected chi connectivity index (χ1v) is 6.67. The van der Waals surface area contributed by atoms with E-state index in [-0.39, 0.29) is 11.5 Å². The van der Waals surface area contributed by atoms with Crippen LogP contribution in [0.1, 0.15) is 24.4 Å². The quantitative estimate of drug-likeness (QED) is 0.749. The van der Waals surface area contributed by atoms with Crippen molar-refractivity contribution >= 4 is 11.5 Å². The molecule has 0 aliphatic carbocycles. The Kier molecular flexibility index (Phi) is 3.63. The zero-order valence-corrected chi connectivity index (χ0v) is 11.8. The van der Waals surface area contributed by atoms with Crippen LogP contribution in [-0.2, 0) is 6.18 Å². The van der Waals surface area contributed by atoms with E-state index in [9.17, 15) is 17.6 Å². The van der Waals surface area contributed by atoms with Crippen molar-refractivity contribution in [2.75, 3.05) is 5.32 Å². The molecule has 3 rings (SSSR count). The van der Waals surface area contributed by atoms with E-state index in [1.807, 2.05) is 0 Å². The Morgan fingerprint density at radius 2 is 1.83 bits per heavy atom. The van der Waals surface area contributed by atoms with Crippen LogP contribution in [0.2, 0.25) is 0 Å². The number of hydrogen-bond acceptors (Lipinski definition) is 4. The lowest BCUT2D eigenvalue weighted by Gasteiger charge is -2.15. The number of anilines is 1. The van der Waals surface area contributed by atoms with Gasteiger partial charge in [-0.2, -0.15) is 17.7 Å². The number of nitrogens with one attached hydrogen (secondary N) is 1. The molecule has 1 N–H and O–H groups in total. The Morgan fingerprint density at radius 3 is 2.52 bits per heavy atom. The van der Waals surface area contributed by atoms with Crippen LogP contribution in [0.15, 0.2) is 36.4 Å². The number of halogens is 4. The summed E-state index contributed by atoms with van der Waals surface area (Å²) in [6.07, 6.45) is -4.66. The SMILES string of the molecule is C[C@@H](Nc1ccc2nnc(C(F)(F)F)n2n1)c1ccccc1F. The fourth-order valence-electron chi connectivity index (χ4n) is 2.17. The first-order valence-electron chi connectivity index (χ1n) is 6.67. The average Bonchev–Trinajstić information content (AvgIpc) is 2.90. The molecule has 0 aliphatic rings. The van der Waals surface area contributed by atoms with Crippen LogP contribution in [-0.4, -0.2) is 19.8 Å². The van der Waals surface area contributed by atoms with Crippen molar-refractivity contribution in [2.45, 2.75) is 19.1 Å². The predicted molar refractivity (Wildman–Crippen MR) is 74.2 cm³/mol. The molecule has 0 radical (unpaired) electrons. The highest BCUT2D eigenvalue weighted by Crippen LogP contribution is 2.28. The van der Waals surface area contributed by atoms with Crippen LogP contribution in [0, 0.1) is 5.82 Å². The molecule has 9 heteroatoms. The molecule has 2 heterocycles. The van der Waals surface area contributed by atoms with E-state index in [0.29, 0.717) is 10.1 Å². The summed E-state index contributed by atoms with van der Waals surface area (Å²) in [4.78, 5) is 0. The summed E-state index contributed by atoms with van der Waals surface area (Å²) in [5.41, 5.74) is 0.357. The predicted octanol–water partition coefficient (Wildman–Crippen LogP) is 3.46. The molecule has 0 bridgehead atoms. The topological polar surface area (TPSA) is 55.1 Å². The van der Waals surface area contributed by atoms with Crippen LogP contribution in [0.5, 0.6) is 0 Å². The van der Waals surface area contributed by atoms with Gasteiger partial charge in [-0.25, -0.2) is 4.39 Å². The van der Waals surface area contributed by atoms with E-state index < -0.39 is 23.9 Å². The van der Waals surface area contributed by atoms with Crippen molar-refractivity contribution in [1.29, 1.82) is 0 Å². The molecule has 1 atom stereocenters. The highest BCUT2D eigenvalue weighted by Gasteiger charge is 2.37. The van der Waals surface area contributed by atoms with Gasteiger partial charge in [0.2, 0.25) is 0 Å². The first kappa shape index (κ1) is 15.2. The van der Waals surface area contributed by atoms with Gasteiger partial charge in [0.25, 0.3) is 5.82 Å². The highest BCUT2D eigenvalue weighted by atomic mass is 19.4. The van der Waals surface area contributed by atoms with Gasteiger partial charge in [-0.05, 0) is 25.1 Å². The molecule has 120 valence electrons. The van der Waals surface area contributed by atoms with Crippen molar-refractivity contribution < 1.29 is 17.6 Å². The Hall–Kier alpha value is -2.71. The van der Waals surface area contributed by atoms with Crippen molar-refractivity contribution in [1.82, 2.24) is 19.8 Å². The summed E-state index contributed by atoms with van der Waals surface area (Å²) in [5.74, 6) is -1.47. The van der Waals surface area contributed by atoms with Gasteiger partial charge in [0.15, 0.2) is 5.65 Å². The van der Waals surface area contributed by atoms with Crippen LogP contribution >= 0.6 is 0 Å². The van der Waals surface area contributed by atoms with Crippen molar-refractivity contribution in [3.8, 4) is 0 Å². The molecule has 0 saturated heterocycles.